The summed E-state index contributed by atoms with van der Waals surface area (Å²) in [6.07, 6.45) is 0.0602. The minimum atomic E-state index is -0.518. The van der Waals surface area contributed by atoms with Gasteiger partial charge in [-0.1, -0.05) is 30.3 Å². The number of hydrogen-bond donors (Lipinski definition) is 2. The molecule has 86 valence electrons. The highest BCUT2D eigenvalue weighted by molar-refractivity contribution is 5.89. The van der Waals surface area contributed by atoms with E-state index < -0.39 is 11.5 Å². The van der Waals surface area contributed by atoms with Crippen molar-refractivity contribution in [2.24, 2.45) is 5.41 Å². The van der Waals surface area contributed by atoms with Gasteiger partial charge in [-0.2, -0.15) is 0 Å². The summed E-state index contributed by atoms with van der Waals surface area (Å²) >= 11 is 0. The van der Waals surface area contributed by atoms with Gasteiger partial charge in [-0.3, -0.25) is 4.79 Å². The van der Waals surface area contributed by atoms with E-state index in [1.807, 2.05) is 44.2 Å². The normalized spacial score (nSPS) is 24.4. The van der Waals surface area contributed by atoms with Crippen molar-refractivity contribution < 1.29 is 9.90 Å². The van der Waals surface area contributed by atoms with Gasteiger partial charge in [0.2, 0.25) is 5.91 Å². The quantitative estimate of drug-likeness (QED) is 0.748. The molecule has 2 atom stereocenters. The Balaban J connectivity index is 2.00. The van der Waals surface area contributed by atoms with Crippen LogP contribution in [0.1, 0.15) is 19.4 Å². The van der Waals surface area contributed by atoms with Crippen LogP contribution in [-0.2, 0) is 11.2 Å². The molecule has 3 heteroatoms. The molecule has 1 saturated heterocycles. The lowest BCUT2D eigenvalue weighted by Gasteiger charge is -2.46. The molecule has 1 heterocycles. The van der Waals surface area contributed by atoms with Crippen molar-refractivity contribution in [1.82, 2.24) is 5.32 Å². The van der Waals surface area contributed by atoms with Gasteiger partial charge in [0.05, 0.1) is 17.6 Å². The largest absolute Gasteiger partial charge is 0.391 e. The average molecular weight is 219 g/mol. The van der Waals surface area contributed by atoms with Gasteiger partial charge >= 0.3 is 0 Å². The zero-order valence-corrected chi connectivity index (χ0v) is 9.60. The van der Waals surface area contributed by atoms with Crippen LogP contribution in [0.25, 0.3) is 0 Å². The van der Waals surface area contributed by atoms with E-state index in [9.17, 15) is 9.90 Å². The van der Waals surface area contributed by atoms with Crippen molar-refractivity contribution in [3.05, 3.63) is 35.9 Å². The summed E-state index contributed by atoms with van der Waals surface area (Å²) in [5, 5.41) is 12.8. The Morgan fingerprint density at radius 2 is 2.00 bits per heavy atom. The van der Waals surface area contributed by atoms with E-state index in [1.54, 1.807) is 0 Å². The van der Waals surface area contributed by atoms with Gasteiger partial charge in [-0.05, 0) is 19.4 Å². The van der Waals surface area contributed by atoms with Gasteiger partial charge in [0.1, 0.15) is 0 Å². The Morgan fingerprint density at radius 3 is 2.50 bits per heavy atom. The van der Waals surface area contributed by atoms with Crippen LogP contribution in [0.3, 0.4) is 0 Å². The molecule has 1 fully saturated rings. The second-order valence-corrected chi connectivity index (χ2v) is 4.93. The van der Waals surface area contributed by atoms with E-state index in [4.69, 9.17) is 0 Å². The number of benzene rings is 1. The van der Waals surface area contributed by atoms with Crippen LogP contribution < -0.4 is 5.32 Å². The van der Waals surface area contributed by atoms with Crippen molar-refractivity contribution in [1.29, 1.82) is 0 Å². The maximum atomic E-state index is 11.3. The number of aliphatic hydroxyl groups is 1. The fourth-order valence-corrected chi connectivity index (χ4v) is 2.12. The molecule has 2 N–H and O–H groups in total. The van der Waals surface area contributed by atoms with Crippen molar-refractivity contribution in [3.63, 3.8) is 0 Å². The van der Waals surface area contributed by atoms with Crippen LogP contribution in [0.2, 0.25) is 0 Å². The highest BCUT2D eigenvalue weighted by atomic mass is 16.3. The fraction of sp³-hybridized carbons (Fsp3) is 0.462. The third-order valence-corrected chi connectivity index (χ3v) is 3.32. The van der Waals surface area contributed by atoms with Gasteiger partial charge in [0, 0.05) is 6.42 Å². The predicted molar refractivity (Wildman–Crippen MR) is 61.9 cm³/mol. The van der Waals surface area contributed by atoms with E-state index >= 15 is 0 Å². The van der Waals surface area contributed by atoms with E-state index in [1.165, 1.54) is 0 Å². The molecular weight excluding hydrogens is 202 g/mol. The van der Waals surface area contributed by atoms with Gasteiger partial charge < -0.3 is 10.4 Å². The van der Waals surface area contributed by atoms with Crippen LogP contribution >= 0.6 is 0 Å². The second kappa shape index (κ2) is 3.91. The van der Waals surface area contributed by atoms with Crippen LogP contribution in [0.5, 0.6) is 0 Å². The Bertz CT molecular complexity index is 386. The number of nitrogens with one attached hydrogen (secondary N) is 1. The molecule has 0 aromatic heterocycles. The number of carbonyl (C=O) groups is 1. The van der Waals surface area contributed by atoms with Gasteiger partial charge in [-0.15, -0.1) is 0 Å². The van der Waals surface area contributed by atoms with Crippen molar-refractivity contribution >= 4 is 5.91 Å². The Kier molecular flexibility index (Phi) is 2.72. The van der Waals surface area contributed by atoms with E-state index in [2.05, 4.69) is 5.32 Å². The summed E-state index contributed by atoms with van der Waals surface area (Å²) in [7, 11) is 0. The van der Waals surface area contributed by atoms with Gasteiger partial charge in [-0.25, -0.2) is 0 Å². The number of hydrogen-bond acceptors (Lipinski definition) is 2. The third-order valence-electron chi connectivity index (χ3n) is 3.32. The van der Waals surface area contributed by atoms with Crippen molar-refractivity contribution in [2.75, 3.05) is 0 Å². The minimum Gasteiger partial charge on any atom is -0.391 e. The Labute approximate surface area is 95.5 Å². The Hall–Kier alpha value is -1.35. The first-order valence-corrected chi connectivity index (χ1v) is 5.55. The molecule has 1 aromatic rings. The summed E-state index contributed by atoms with van der Waals surface area (Å²) in [6, 6.07) is 9.68. The molecule has 0 bridgehead atoms. The zero-order chi connectivity index (χ0) is 11.8. The molecule has 1 aromatic carbocycles. The molecule has 2 unspecified atom stereocenters. The molecule has 0 aliphatic carbocycles. The number of amides is 1. The standard InChI is InChI=1S/C13H17NO2/c1-13(2)11(14-12(13)16)10(15)8-9-6-4-3-5-7-9/h3-7,10-11,15H,8H2,1-2H3,(H,14,16). The monoisotopic (exact) mass is 219 g/mol. The average Bonchev–Trinajstić information content (AvgIpc) is 2.27. The summed E-state index contributed by atoms with van der Waals surface area (Å²) < 4.78 is 0. The first kappa shape index (κ1) is 11.1. The predicted octanol–water partition coefficient (Wildman–Crippen LogP) is 1.11. The van der Waals surface area contributed by atoms with Crippen molar-refractivity contribution in [2.45, 2.75) is 32.4 Å². The molecule has 1 amide bonds. The summed E-state index contributed by atoms with van der Waals surface area (Å²) in [4.78, 5) is 11.3. The van der Waals surface area contributed by atoms with Crippen LogP contribution in [0.15, 0.2) is 30.3 Å². The smallest absolute Gasteiger partial charge is 0.228 e. The maximum absolute atomic E-state index is 11.3. The SMILES string of the molecule is CC1(C)C(=O)NC1C(O)Cc1ccccc1. The van der Waals surface area contributed by atoms with Gasteiger partial charge in [0.15, 0.2) is 0 Å². The summed E-state index contributed by atoms with van der Waals surface area (Å²) in [5.74, 6) is 0.0182. The molecule has 16 heavy (non-hydrogen) atoms. The first-order chi connectivity index (χ1) is 7.51. The number of rotatable bonds is 3. The zero-order valence-electron chi connectivity index (χ0n) is 9.60. The molecule has 1 aliphatic rings. The van der Waals surface area contributed by atoms with E-state index in [0.29, 0.717) is 6.42 Å². The maximum Gasteiger partial charge on any atom is 0.228 e. The Morgan fingerprint density at radius 1 is 1.38 bits per heavy atom. The van der Waals surface area contributed by atoms with Crippen LogP contribution in [0.4, 0.5) is 0 Å². The first-order valence-electron chi connectivity index (χ1n) is 5.55. The minimum absolute atomic E-state index is 0.0182. The highest BCUT2D eigenvalue weighted by Crippen LogP contribution is 2.32. The molecule has 0 radical (unpaired) electrons. The highest BCUT2D eigenvalue weighted by Gasteiger charge is 2.50. The van der Waals surface area contributed by atoms with E-state index in [0.717, 1.165) is 5.56 Å². The molecule has 0 saturated carbocycles. The van der Waals surface area contributed by atoms with Crippen molar-refractivity contribution in [3.8, 4) is 0 Å². The third kappa shape index (κ3) is 1.83. The molecule has 1 aliphatic heterocycles. The summed E-state index contributed by atoms with van der Waals surface area (Å²) in [5.41, 5.74) is 0.640. The fourth-order valence-electron chi connectivity index (χ4n) is 2.12. The number of carbonyl (C=O) groups excluding carboxylic acids is 1. The lowest BCUT2D eigenvalue weighted by atomic mass is 9.72. The molecular formula is C13H17NO2. The molecule has 3 nitrogen and oxygen atoms in total. The van der Waals surface area contributed by atoms with Crippen LogP contribution in [0, 0.1) is 5.41 Å². The number of β-lactam (4-membered cyclic amide) rings is 1. The molecule has 0 spiro atoms. The summed E-state index contributed by atoms with van der Waals surface area (Å²) in [6.45, 7) is 3.73. The second-order valence-electron chi connectivity index (χ2n) is 4.93. The lowest BCUT2D eigenvalue weighted by Crippen LogP contribution is -2.69. The topological polar surface area (TPSA) is 49.3 Å². The van der Waals surface area contributed by atoms with E-state index in [-0.39, 0.29) is 11.9 Å². The van der Waals surface area contributed by atoms with Crippen LogP contribution in [-0.4, -0.2) is 23.2 Å². The van der Waals surface area contributed by atoms with Gasteiger partial charge in [0.25, 0.3) is 0 Å². The number of aliphatic hydroxyl groups excluding tert-OH is 1. The lowest BCUT2D eigenvalue weighted by molar-refractivity contribution is -0.148. The molecule has 2 rings (SSSR count).